The van der Waals surface area contributed by atoms with Gasteiger partial charge < -0.3 is 14.6 Å². The number of benzene rings is 1. The molecule has 1 amide bonds. The summed E-state index contributed by atoms with van der Waals surface area (Å²) in [5.74, 6) is -0.167. The van der Waals surface area contributed by atoms with Crippen LogP contribution < -0.4 is 10.2 Å². The van der Waals surface area contributed by atoms with Gasteiger partial charge in [0.1, 0.15) is 10.8 Å². The van der Waals surface area contributed by atoms with Crippen molar-refractivity contribution in [1.82, 2.24) is 14.9 Å². The lowest BCUT2D eigenvalue weighted by molar-refractivity contribution is -0.137. The topological polar surface area (TPSA) is 74.5 Å². The molecule has 1 saturated heterocycles. The molecule has 0 unspecified atom stereocenters. The van der Waals surface area contributed by atoms with Crippen LogP contribution in [-0.4, -0.2) is 47.0 Å². The highest BCUT2D eigenvalue weighted by atomic mass is 32.1. The molecular formula is C25H22F3N5O2S. The van der Waals surface area contributed by atoms with E-state index in [1.807, 2.05) is 10.3 Å². The zero-order valence-electron chi connectivity index (χ0n) is 19.0. The van der Waals surface area contributed by atoms with Gasteiger partial charge in [0.2, 0.25) is 0 Å². The van der Waals surface area contributed by atoms with Crippen molar-refractivity contribution in [1.29, 1.82) is 0 Å². The summed E-state index contributed by atoms with van der Waals surface area (Å²) in [5.41, 5.74) is 0.525. The molecule has 36 heavy (non-hydrogen) atoms. The molecule has 1 N–H and O–H groups in total. The number of halogens is 3. The SMILES string of the molecule is O=C(Nc1cc(C(F)(F)F)ccc1N1CCN(Cc2nccs2)CC1)c1ccc(-c2ccncc2)o1. The number of rotatable bonds is 6. The average Bonchev–Trinajstić information content (AvgIpc) is 3.57. The molecule has 0 radical (unpaired) electrons. The standard InChI is InChI=1S/C25H22F3N5O2S/c26-25(27,28)18-1-2-20(33-12-10-32(11-13-33)16-23-30-9-14-36-23)19(15-18)31-24(34)22-4-3-21(35-22)17-5-7-29-8-6-17/h1-9,14-15H,10-13,16H2,(H,31,34). The fourth-order valence-corrected chi connectivity index (χ4v) is 4.73. The van der Waals surface area contributed by atoms with E-state index in [0.29, 0.717) is 24.5 Å². The zero-order chi connectivity index (χ0) is 25.1. The molecular weight excluding hydrogens is 491 g/mol. The number of piperazine rings is 1. The monoisotopic (exact) mass is 513 g/mol. The number of hydrogen-bond acceptors (Lipinski definition) is 7. The van der Waals surface area contributed by atoms with Crippen molar-refractivity contribution in [3.8, 4) is 11.3 Å². The van der Waals surface area contributed by atoms with Gasteiger partial charge in [0.05, 0.1) is 23.5 Å². The van der Waals surface area contributed by atoms with E-state index >= 15 is 0 Å². The summed E-state index contributed by atoms with van der Waals surface area (Å²) in [6, 6.07) is 10.0. The lowest BCUT2D eigenvalue weighted by Gasteiger charge is -2.36. The predicted octanol–water partition coefficient (Wildman–Crippen LogP) is 5.39. The van der Waals surface area contributed by atoms with Crippen LogP contribution in [-0.2, 0) is 12.7 Å². The summed E-state index contributed by atoms with van der Waals surface area (Å²) in [6.45, 7) is 3.39. The first-order valence-electron chi connectivity index (χ1n) is 11.3. The van der Waals surface area contributed by atoms with Crippen molar-refractivity contribution in [3.05, 3.63) is 82.8 Å². The second-order valence-corrected chi connectivity index (χ2v) is 9.25. The highest BCUT2D eigenvalue weighted by Gasteiger charge is 2.32. The third kappa shape index (κ3) is 5.42. The second kappa shape index (κ2) is 10.1. The van der Waals surface area contributed by atoms with E-state index in [2.05, 4.69) is 20.2 Å². The Morgan fingerprint density at radius 2 is 1.81 bits per heavy atom. The van der Waals surface area contributed by atoms with E-state index < -0.39 is 17.6 Å². The van der Waals surface area contributed by atoms with E-state index in [1.165, 1.54) is 12.1 Å². The van der Waals surface area contributed by atoms with Crippen LogP contribution in [0.1, 0.15) is 21.1 Å². The van der Waals surface area contributed by atoms with Crippen LogP contribution in [0.2, 0.25) is 0 Å². The van der Waals surface area contributed by atoms with E-state index in [-0.39, 0.29) is 11.4 Å². The minimum Gasteiger partial charge on any atom is -0.451 e. The smallest absolute Gasteiger partial charge is 0.416 e. The number of nitrogens with zero attached hydrogens (tertiary/aromatic N) is 4. The van der Waals surface area contributed by atoms with Gasteiger partial charge >= 0.3 is 6.18 Å². The molecule has 0 atom stereocenters. The van der Waals surface area contributed by atoms with E-state index in [4.69, 9.17) is 4.42 Å². The van der Waals surface area contributed by atoms with Gasteiger partial charge in [-0.3, -0.25) is 14.7 Å². The summed E-state index contributed by atoms with van der Waals surface area (Å²) in [7, 11) is 0. The molecule has 0 saturated carbocycles. The minimum absolute atomic E-state index is 0.00144. The Morgan fingerprint density at radius 1 is 1.03 bits per heavy atom. The van der Waals surface area contributed by atoms with Crippen molar-refractivity contribution in [2.45, 2.75) is 12.7 Å². The molecule has 5 rings (SSSR count). The maximum atomic E-state index is 13.5. The Labute approximate surface area is 209 Å². The first-order chi connectivity index (χ1) is 17.4. The summed E-state index contributed by atoms with van der Waals surface area (Å²) in [5, 5.41) is 5.60. The Hall–Kier alpha value is -3.70. The largest absolute Gasteiger partial charge is 0.451 e. The Kier molecular flexibility index (Phi) is 6.75. The van der Waals surface area contributed by atoms with Crippen LogP contribution in [0.25, 0.3) is 11.3 Å². The van der Waals surface area contributed by atoms with Crippen molar-refractivity contribution in [2.75, 3.05) is 36.4 Å². The van der Waals surface area contributed by atoms with Gasteiger partial charge in [-0.05, 0) is 42.5 Å². The molecule has 0 bridgehead atoms. The number of furan rings is 1. The fourth-order valence-electron chi connectivity index (χ4n) is 4.07. The number of carbonyl (C=O) groups excluding carboxylic acids is 1. The van der Waals surface area contributed by atoms with Gasteiger partial charge in [0, 0.05) is 55.7 Å². The number of aromatic nitrogens is 2. The van der Waals surface area contributed by atoms with Gasteiger partial charge in [-0.25, -0.2) is 4.98 Å². The average molecular weight is 514 g/mol. The van der Waals surface area contributed by atoms with Crippen LogP contribution >= 0.6 is 11.3 Å². The molecule has 11 heteroatoms. The number of amides is 1. The molecule has 1 fully saturated rings. The molecule has 0 spiro atoms. The molecule has 0 aliphatic carbocycles. The highest BCUT2D eigenvalue weighted by Crippen LogP contribution is 2.36. The van der Waals surface area contributed by atoms with Gasteiger partial charge in [-0.1, -0.05) is 0 Å². The number of alkyl halides is 3. The Morgan fingerprint density at radius 3 is 2.50 bits per heavy atom. The van der Waals surface area contributed by atoms with Crippen molar-refractivity contribution < 1.29 is 22.4 Å². The molecule has 7 nitrogen and oxygen atoms in total. The molecule has 1 aliphatic rings. The zero-order valence-corrected chi connectivity index (χ0v) is 19.9. The number of carbonyl (C=O) groups is 1. The highest BCUT2D eigenvalue weighted by molar-refractivity contribution is 7.09. The number of anilines is 2. The number of hydrogen-bond donors (Lipinski definition) is 1. The van der Waals surface area contributed by atoms with Crippen LogP contribution in [0.3, 0.4) is 0 Å². The summed E-state index contributed by atoms with van der Waals surface area (Å²) in [6.07, 6.45) is 0.433. The first kappa shape index (κ1) is 24.0. The number of thiazole rings is 1. The van der Waals surface area contributed by atoms with Crippen LogP contribution in [0.5, 0.6) is 0 Å². The maximum absolute atomic E-state index is 13.5. The fraction of sp³-hybridized carbons (Fsp3) is 0.240. The molecule has 1 aliphatic heterocycles. The summed E-state index contributed by atoms with van der Waals surface area (Å²) < 4.78 is 46.1. The van der Waals surface area contributed by atoms with E-state index in [9.17, 15) is 18.0 Å². The molecule has 4 heterocycles. The van der Waals surface area contributed by atoms with Gasteiger partial charge in [-0.2, -0.15) is 13.2 Å². The lowest BCUT2D eigenvalue weighted by Crippen LogP contribution is -2.46. The van der Waals surface area contributed by atoms with Crippen molar-refractivity contribution >= 4 is 28.6 Å². The summed E-state index contributed by atoms with van der Waals surface area (Å²) >= 11 is 1.59. The summed E-state index contributed by atoms with van der Waals surface area (Å²) in [4.78, 5) is 25.5. The third-order valence-corrected chi connectivity index (χ3v) is 6.69. The quantitative estimate of drug-likeness (QED) is 0.373. The second-order valence-electron chi connectivity index (χ2n) is 8.27. The molecule has 1 aromatic carbocycles. The van der Waals surface area contributed by atoms with E-state index in [0.717, 1.165) is 42.3 Å². The van der Waals surface area contributed by atoms with Crippen LogP contribution in [0.4, 0.5) is 24.5 Å². The van der Waals surface area contributed by atoms with Crippen molar-refractivity contribution in [3.63, 3.8) is 0 Å². The third-order valence-electron chi connectivity index (χ3n) is 5.92. The van der Waals surface area contributed by atoms with Gasteiger partial charge in [0.15, 0.2) is 5.76 Å². The Bertz CT molecular complexity index is 1320. The lowest BCUT2D eigenvalue weighted by atomic mass is 10.1. The van der Waals surface area contributed by atoms with E-state index in [1.54, 1.807) is 48.1 Å². The van der Waals surface area contributed by atoms with Crippen molar-refractivity contribution in [2.24, 2.45) is 0 Å². The normalized spacial score (nSPS) is 14.7. The molecule has 4 aromatic rings. The number of pyridine rings is 1. The molecule has 3 aromatic heterocycles. The number of nitrogens with one attached hydrogen (secondary N) is 1. The van der Waals surface area contributed by atoms with Crippen LogP contribution in [0.15, 0.2) is 70.9 Å². The van der Waals surface area contributed by atoms with Gasteiger partial charge in [-0.15, -0.1) is 11.3 Å². The Balaban J connectivity index is 1.34. The predicted molar refractivity (Wildman–Crippen MR) is 131 cm³/mol. The minimum atomic E-state index is -4.54. The molecule has 186 valence electrons. The first-order valence-corrected chi connectivity index (χ1v) is 12.1. The van der Waals surface area contributed by atoms with Crippen LogP contribution in [0, 0.1) is 0 Å². The maximum Gasteiger partial charge on any atom is 0.416 e. The van der Waals surface area contributed by atoms with Gasteiger partial charge in [0.25, 0.3) is 5.91 Å².